The van der Waals surface area contributed by atoms with Crippen molar-refractivity contribution in [3.63, 3.8) is 0 Å². The second-order valence-corrected chi connectivity index (χ2v) is 8.36. The van der Waals surface area contributed by atoms with Gasteiger partial charge in [-0.1, -0.05) is 0 Å². The molecule has 1 spiro atoms. The Kier molecular flexibility index (Phi) is 4.52. The summed E-state index contributed by atoms with van der Waals surface area (Å²) in [7, 11) is -2.40. The van der Waals surface area contributed by atoms with Gasteiger partial charge in [0.1, 0.15) is 0 Å². The van der Waals surface area contributed by atoms with E-state index in [0.717, 1.165) is 0 Å². The van der Waals surface area contributed by atoms with E-state index in [-0.39, 0.29) is 30.4 Å². The third-order valence-corrected chi connectivity index (χ3v) is 6.49. The van der Waals surface area contributed by atoms with Crippen LogP contribution in [0.4, 0.5) is 8.78 Å². The molecule has 2 fully saturated rings. The van der Waals surface area contributed by atoms with Gasteiger partial charge in [-0.25, -0.2) is 12.7 Å². The van der Waals surface area contributed by atoms with Crippen LogP contribution in [0.2, 0.25) is 0 Å². The van der Waals surface area contributed by atoms with Crippen LogP contribution in [-0.2, 0) is 19.6 Å². The van der Waals surface area contributed by atoms with Crippen LogP contribution in [-0.4, -0.2) is 50.0 Å². The summed E-state index contributed by atoms with van der Waals surface area (Å²) in [4.78, 5) is 11.5. The number of hydrogen-bond acceptors (Lipinski definition) is 4. The number of carbonyl (C=O) groups excluding carboxylic acids is 1. The predicted octanol–water partition coefficient (Wildman–Crippen LogP) is 1.81. The molecule has 0 amide bonds. The van der Waals surface area contributed by atoms with Crippen molar-refractivity contribution in [3.8, 4) is 0 Å². The van der Waals surface area contributed by atoms with E-state index in [1.165, 1.54) is 11.4 Å². The monoisotopic (exact) mass is 345 g/mol. The summed E-state index contributed by atoms with van der Waals surface area (Å²) in [5.41, 5.74) is -0.157. The molecular formula is C12H18ClF2NO4S. The van der Waals surface area contributed by atoms with Crippen LogP contribution >= 0.6 is 11.6 Å². The second-order valence-electron chi connectivity index (χ2n) is 5.72. The van der Waals surface area contributed by atoms with Crippen LogP contribution in [0.3, 0.4) is 0 Å². The Bertz CT molecular complexity index is 512. The van der Waals surface area contributed by atoms with Crippen molar-refractivity contribution in [2.24, 2.45) is 11.3 Å². The zero-order valence-electron chi connectivity index (χ0n) is 11.6. The molecule has 1 unspecified atom stereocenters. The van der Waals surface area contributed by atoms with Crippen LogP contribution < -0.4 is 0 Å². The summed E-state index contributed by atoms with van der Waals surface area (Å²) in [5, 5.41) is -3.50. The standard InChI is InChI=1S/C12H18ClF2NO4S/c1-20-10(17)9-8-11(9)2-5-16(6-3-11)21(18,19)7-4-12(13,14)15/h9H,2-8H2,1H3. The van der Waals surface area contributed by atoms with Gasteiger partial charge in [0.15, 0.2) is 0 Å². The lowest BCUT2D eigenvalue weighted by Gasteiger charge is -2.32. The van der Waals surface area contributed by atoms with Crippen molar-refractivity contribution in [3.05, 3.63) is 0 Å². The Morgan fingerprint density at radius 1 is 1.43 bits per heavy atom. The molecule has 1 aliphatic carbocycles. The first-order valence-electron chi connectivity index (χ1n) is 6.72. The average Bonchev–Trinajstić information content (AvgIpc) is 3.09. The van der Waals surface area contributed by atoms with Crippen molar-refractivity contribution in [1.29, 1.82) is 0 Å². The SMILES string of the molecule is COC(=O)C1CC12CCN(S(=O)(=O)CCC(F)(F)Cl)CC2. The molecule has 1 saturated carbocycles. The number of alkyl halides is 3. The molecule has 0 radical (unpaired) electrons. The molecule has 0 aromatic carbocycles. The Morgan fingerprint density at radius 3 is 2.48 bits per heavy atom. The number of esters is 1. The van der Waals surface area contributed by atoms with E-state index in [2.05, 4.69) is 0 Å². The molecule has 1 heterocycles. The molecular weight excluding hydrogens is 328 g/mol. The lowest BCUT2D eigenvalue weighted by molar-refractivity contribution is -0.143. The maximum absolute atomic E-state index is 12.6. The van der Waals surface area contributed by atoms with E-state index in [9.17, 15) is 22.0 Å². The van der Waals surface area contributed by atoms with Gasteiger partial charge in [0, 0.05) is 19.5 Å². The summed E-state index contributed by atoms with van der Waals surface area (Å²) in [6.07, 6.45) is 0.934. The van der Waals surface area contributed by atoms with Crippen LogP contribution in [0.15, 0.2) is 0 Å². The van der Waals surface area contributed by atoms with E-state index >= 15 is 0 Å². The first kappa shape index (κ1) is 16.9. The summed E-state index contributed by atoms with van der Waals surface area (Å²) < 4.78 is 55.0. The van der Waals surface area contributed by atoms with E-state index in [0.29, 0.717) is 19.3 Å². The number of rotatable bonds is 5. The maximum atomic E-state index is 12.6. The van der Waals surface area contributed by atoms with Gasteiger partial charge in [-0.05, 0) is 36.3 Å². The largest absolute Gasteiger partial charge is 0.469 e. The summed E-state index contributed by atoms with van der Waals surface area (Å²) in [6.45, 7) is 0.507. The highest BCUT2D eigenvalue weighted by Gasteiger charge is 2.59. The molecule has 122 valence electrons. The van der Waals surface area contributed by atoms with Gasteiger partial charge in [0.05, 0.1) is 18.8 Å². The molecule has 1 atom stereocenters. The van der Waals surface area contributed by atoms with E-state index in [1.807, 2.05) is 0 Å². The fourth-order valence-corrected chi connectivity index (χ4v) is 4.68. The number of methoxy groups -OCH3 is 1. The third kappa shape index (κ3) is 3.84. The van der Waals surface area contributed by atoms with Crippen molar-refractivity contribution in [2.45, 2.75) is 31.1 Å². The van der Waals surface area contributed by atoms with Gasteiger partial charge in [0.2, 0.25) is 10.0 Å². The molecule has 1 saturated heterocycles. The zero-order valence-corrected chi connectivity index (χ0v) is 13.2. The van der Waals surface area contributed by atoms with Crippen molar-refractivity contribution >= 4 is 27.6 Å². The highest BCUT2D eigenvalue weighted by atomic mass is 35.5. The van der Waals surface area contributed by atoms with Gasteiger partial charge in [0.25, 0.3) is 0 Å². The minimum atomic E-state index is -3.73. The smallest absolute Gasteiger partial charge is 0.322 e. The molecule has 0 aromatic heterocycles. The Balaban J connectivity index is 1.88. The number of ether oxygens (including phenoxy) is 1. The topological polar surface area (TPSA) is 63.7 Å². The summed E-state index contributed by atoms with van der Waals surface area (Å²) >= 11 is 4.74. The quantitative estimate of drug-likeness (QED) is 0.563. The van der Waals surface area contributed by atoms with E-state index in [1.54, 1.807) is 0 Å². The average molecular weight is 346 g/mol. The molecule has 0 N–H and O–H groups in total. The van der Waals surface area contributed by atoms with E-state index < -0.39 is 27.6 Å². The van der Waals surface area contributed by atoms with Crippen molar-refractivity contribution in [1.82, 2.24) is 4.31 Å². The van der Waals surface area contributed by atoms with Gasteiger partial charge in [-0.3, -0.25) is 4.79 Å². The van der Waals surface area contributed by atoms with Gasteiger partial charge in [-0.2, -0.15) is 8.78 Å². The van der Waals surface area contributed by atoms with Gasteiger partial charge < -0.3 is 4.74 Å². The molecule has 2 rings (SSSR count). The second kappa shape index (κ2) is 5.62. The maximum Gasteiger partial charge on any atom is 0.322 e. The molecule has 21 heavy (non-hydrogen) atoms. The first-order chi connectivity index (χ1) is 9.60. The van der Waals surface area contributed by atoms with E-state index in [4.69, 9.17) is 16.3 Å². The third-order valence-electron chi connectivity index (χ3n) is 4.43. The molecule has 0 bridgehead atoms. The molecule has 0 aromatic rings. The Labute approximate surface area is 127 Å². The minimum Gasteiger partial charge on any atom is -0.469 e. The first-order valence-corrected chi connectivity index (χ1v) is 8.71. The minimum absolute atomic E-state index is 0.153. The highest BCUT2D eigenvalue weighted by Crippen LogP contribution is 2.59. The summed E-state index contributed by atoms with van der Waals surface area (Å²) in [5.74, 6) is -1.08. The normalized spacial score (nSPS) is 25.8. The summed E-state index contributed by atoms with van der Waals surface area (Å²) in [6, 6.07) is 0. The fraction of sp³-hybridized carbons (Fsp3) is 0.917. The number of hydrogen-bond donors (Lipinski definition) is 0. The lowest BCUT2D eigenvalue weighted by Crippen LogP contribution is -2.41. The van der Waals surface area contributed by atoms with Crippen LogP contribution in [0.1, 0.15) is 25.7 Å². The van der Waals surface area contributed by atoms with Crippen LogP contribution in [0.5, 0.6) is 0 Å². The number of halogens is 3. The fourth-order valence-electron chi connectivity index (χ4n) is 2.96. The molecule has 9 heteroatoms. The van der Waals surface area contributed by atoms with Crippen LogP contribution in [0, 0.1) is 11.3 Å². The van der Waals surface area contributed by atoms with Gasteiger partial charge >= 0.3 is 11.4 Å². The van der Waals surface area contributed by atoms with Crippen molar-refractivity contribution in [2.75, 3.05) is 26.0 Å². The highest BCUT2D eigenvalue weighted by molar-refractivity contribution is 7.89. The number of sulfonamides is 1. The number of carbonyl (C=O) groups is 1. The zero-order chi connectivity index (χ0) is 15.9. The van der Waals surface area contributed by atoms with Crippen molar-refractivity contribution < 1.29 is 26.7 Å². The predicted molar refractivity (Wildman–Crippen MR) is 72.6 cm³/mol. The molecule has 2 aliphatic rings. The molecule has 5 nitrogen and oxygen atoms in total. The number of piperidine rings is 1. The Hall–Kier alpha value is -0.470. The Morgan fingerprint density at radius 2 is 2.00 bits per heavy atom. The lowest BCUT2D eigenvalue weighted by atomic mass is 9.92. The van der Waals surface area contributed by atoms with Gasteiger partial charge in [-0.15, -0.1) is 0 Å². The number of nitrogens with zero attached hydrogens (tertiary/aromatic N) is 1. The molecule has 1 aliphatic heterocycles. The van der Waals surface area contributed by atoms with Crippen LogP contribution in [0.25, 0.3) is 0 Å².